The maximum atomic E-state index is 11.7. The van der Waals surface area contributed by atoms with E-state index in [1.165, 1.54) is 0 Å². The molecule has 0 aliphatic rings. The Hall–Kier alpha value is -2.12. The molecule has 4 amide bonds. The monoisotopic (exact) mass is 356 g/mol. The van der Waals surface area contributed by atoms with Crippen molar-refractivity contribution in [2.24, 2.45) is 5.41 Å². The fraction of sp³-hybridized carbons (Fsp3) is 0.765. The molecule has 144 valence electrons. The van der Waals surface area contributed by atoms with Crippen LogP contribution >= 0.6 is 0 Å². The van der Waals surface area contributed by atoms with Crippen molar-refractivity contribution in [2.75, 3.05) is 28.2 Å². The lowest BCUT2D eigenvalue weighted by molar-refractivity contribution is -0.122. The van der Waals surface area contributed by atoms with Crippen LogP contribution in [0, 0.1) is 5.41 Å². The number of carbonyl (C=O) groups is 4. The molecular formula is C17H32N4O4. The van der Waals surface area contributed by atoms with Crippen molar-refractivity contribution in [1.82, 2.24) is 21.3 Å². The number of hydrogen-bond donors (Lipinski definition) is 4. The molecule has 0 saturated carbocycles. The van der Waals surface area contributed by atoms with Gasteiger partial charge in [0.2, 0.25) is 23.6 Å². The molecule has 0 aromatic rings. The number of rotatable bonds is 12. The summed E-state index contributed by atoms with van der Waals surface area (Å²) in [5.41, 5.74) is -0.419. The molecule has 0 fully saturated rings. The van der Waals surface area contributed by atoms with E-state index < -0.39 is 5.41 Å². The first-order valence-electron chi connectivity index (χ1n) is 8.64. The van der Waals surface area contributed by atoms with Crippen molar-refractivity contribution in [2.45, 2.75) is 51.4 Å². The first-order chi connectivity index (χ1) is 11.8. The third-order valence-electron chi connectivity index (χ3n) is 4.64. The van der Waals surface area contributed by atoms with E-state index in [0.29, 0.717) is 51.4 Å². The third-order valence-corrected chi connectivity index (χ3v) is 4.64. The van der Waals surface area contributed by atoms with Crippen LogP contribution in [0.25, 0.3) is 0 Å². The largest absolute Gasteiger partial charge is 0.359 e. The molecule has 0 bridgehead atoms. The summed E-state index contributed by atoms with van der Waals surface area (Å²) >= 11 is 0. The molecule has 0 heterocycles. The van der Waals surface area contributed by atoms with E-state index in [2.05, 4.69) is 21.3 Å². The standard InChI is InChI=1S/C17H32N4O4/c1-18-13(22)5-9-17(10-6-14(23)19-2,11-7-15(24)20-3)12-8-16(25)21-4/h5-12H2,1-4H3,(H,18,22)(H,19,23)(H,20,24)(H,21,25). The van der Waals surface area contributed by atoms with E-state index in [-0.39, 0.29) is 23.6 Å². The Morgan fingerprint density at radius 1 is 0.520 bits per heavy atom. The van der Waals surface area contributed by atoms with Crippen LogP contribution in [0.2, 0.25) is 0 Å². The molecule has 4 N–H and O–H groups in total. The second kappa shape index (κ2) is 12.3. The first-order valence-corrected chi connectivity index (χ1v) is 8.64. The molecule has 0 aromatic carbocycles. The summed E-state index contributed by atoms with van der Waals surface area (Å²) < 4.78 is 0. The Bertz CT molecular complexity index is 380. The van der Waals surface area contributed by atoms with Gasteiger partial charge in [-0.3, -0.25) is 19.2 Å². The molecule has 25 heavy (non-hydrogen) atoms. The Labute approximate surface area is 149 Å². The Kier molecular flexibility index (Phi) is 11.2. The van der Waals surface area contributed by atoms with Gasteiger partial charge in [0.05, 0.1) is 0 Å². The lowest BCUT2D eigenvalue weighted by atomic mass is 9.71. The Morgan fingerprint density at radius 3 is 0.880 bits per heavy atom. The predicted molar refractivity (Wildman–Crippen MR) is 95.6 cm³/mol. The molecule has 0 spiro atoms. The summed E-state index contributed by atoms with van der Waals surface area (Å²) in [4.78, 5) is 46.8. The lowest BCUT2D eigenvalue weighted by Crippen LogP contribution is -2.31. The molecule has 0 atom stereocenters. The molecule has 0 saturated heterocycles. The van der Waals surface area contributed by atoms with Crippen molar-refractivity contribution in [1.29, 1.82) is 0 Å². The van der Waals surface area contributed by atoms with Crippen molar-refractivity contribution >= 4 is 23.6 Å². The topological polar surface area (TPSA) is 116 Å². The van der Waals surface area contributed by atoms with E-state index in [9.17, 15) is 19.2 Å². The van der Waals surface area contributed by atoms with Crippen LogP contribution in [0.15, 0.2) is 0 Å². The fourth-order valence-corrected chi connectivity index (χ4v) is 2.76. The van der Waals surface area contributed by atoms with Gasteiger partial charge in [-0.2, -0.15) is 0 Å². The molecule has 0 radical (unpaired) electrons. The molecule has 0 aliphatic heterocycles. The van der Waals surface area contributed by atoms with Crippen molar-refractivity contribution in [3.8, 4) is 0 Å². The Morgan fingerprint density at radius 2 is 0.720 bits per heavy atom. The Balaban J connectivity index is 5.24. The number of hydrogen-bond acceptors (Lipinski definition) is 4. The molecule has 8 nitrogen and oxygen atoms in total. The number of amides is 4. The molecule has 0 rings (SSSR count). The fourth-order valence-electron chi connectivity index (χ4n) is 2.76. The maximum Gasteiger partial charge on any atom is 0.219 e. The highest BCUT2D eigenvalue weighted by molar-refractivity contribution is 5.77. The maximum absolute atomic E-state index is 11.7. The zero-order valence-corrected chi connectivity index (χ0v) is 15.8. The normalized spacial score (nSPS) is 10.7. The van der Waals surface area contributed by atoms with Gasteiger partial charge in [0.25, 0.3) is 0 Å². The van der Waals surface area contributed by atoms with E-state index in [0.717, 1.165) is 0 Å². The zero-order valence-electron chi connectivity index (χ0n) is 15.8. The molecule has 0 aliphatic carbocycles. The second-order valence-corrected chi connectivity index (χ2v) is 6.19. The summed E-state index contributed by atoms with van der Waals surface area (Å²) in [6.07, 6.45) is 3.29. The van der Waals surface area contributed by atoms with E-state index in [1.54, 1.807) is 28.2 Å². The zero-order chi connectivity index (χ0) is 19.3. The van der Waals surface area contributed by atoms with Crippen molar-refractivity contribution in [3.63, 3.8) is 0 Å². The van der Waals surface area contributed by atoms with Gasteiger partial charge in [-0.15, -0.1) is 0 Å². The summed E-state index contributed by atoms with van der Waals surface area (Å²) in [5.74, 6) is -0.373. The van der Waals surface area contributed by atoms with E-state index >= 15 is 0 Å². The minimum Gasteiger partial charge on any atom is -0.359 e. The van der Waals surface area contributed by atoms with E-state index in [4.69, 9.17) is 0 Å². The molecular weight excluding hydrogens is 324 g/mol. The molecule has 8 heteroatoms. The van der Waals surface area contributed by atoms with Gasteiger partial charge in [0.1, 0.15) is 0 Å². The first kappa shape index (κ1) is 22.9. The summed E-state index contributed by atoms with van der Waals surface area (Å²) in [5, 5.41) is 10.4. The van der Waals surface area contributed by atoms with Gasteiger partial charge >= 0.3 is 0 Å². The van der Waals surface area contributed by atoms with Crippen molar-refractivity contribution in [3.05, 3.63) is 0 Å². The van der Waals surface area contributed by atoms with Gasteiger partial charge < -0.3 is 21.3 Å². The summed E-state index contributed by atoms with van der Waals surface area (Å²) in [6, 6.07) is 0. The van der Waals surface area contributed by atoms with Crippen LogP contribution in [0.1, 0.15) is 51.4 Å². The highest BCUT2D eigenvalue weighted by Gasteiger charge is 2.32. The van der Waals surface area contributed by atoms with Crippen LogP contribution < -0.4 is 21.3 Å². The van der Waals surface area contributed by atoms with Gasteiger partial charge in [0, 0.05) is 53.9 Å². The van der Waals surface area contributed by atoms with Gasteiger partial charge in [-0.25, -0.2) is 0 Å². The van der Waals surface area contributed by atoms with Gasteiger partial charge in [-0.05, 0) is 31.1 Å². The minimum atomic E-state index is -0.419. The second-order valence-electron chi connectivity index (χ2n) is 6.19. The smallest absolute Gasteiger partial charge is 0.219 e. The number of nitrogens with one attached hydrogen (secondary N) is 4. The summed E-state index contributed by atoms with van der Waals surface area (Å²) in [6.45, 7) is 0. The minimum absolute atomic E-state index is 0.0933. The molecule has 0 unspecified atom stereocenters. The highest BCUT2D eigenvalue weighted by Crippen LogP contribution is 2.39. The van der Waals surface area contributed by atoms with E-state index in [1.807, 2.05) is 0 Å². The average molecular weight is 356 g/mol. The quantitative estimate of drug-likeness (QED) is 0.396. The third kappa shape index (κ3) is 9.69. The predicted octanol–water partition coefficient (Wildman–Crippen LogP) is 0.0776. The van der Waals surface area contributed by atoms with Crippen LogP contribution in [0.4, 0.5) is 0 Å². The lowest BCUT2D eigenvalue weighted by Gasteiger charge is -2.34. The summed E-state index contributed by atoms with van der Waals surface area (Å²) in [7, 11) is 6.29. The van der Waals surface area contributed by atoms with Gasteiger partial charge in [0.15, 0.2) is 0 Å². The highest BCUT2D eigenvalue weighted by atomic mass is 16.2. The van der Waals surface area contributed by atoms with Gasteiger partial charge in [-0.1, -0.05) is 0 Å². The molecule has 0 aromatic heterocycles. The van der Waals surface area contributed by atoms with Crippen LogP contribution in [-0.4, -0.2) is 51.8 Å². The van der Waals surface area contributed by atoms with Crippen LogP contribution in [0.5, 0.6) is 0 Å². The number of carbonyl (C=O) groups excluding carboxylic acids is 4. The van der Waals surface area contributed by atoms with Crippen molar-refractivity contribution < 1.29 is 19.2 Å². The van der Waals surface area contributed by atoms with Crippen LogP contribution in [0.3, 0.4) is 0 Å². The SMILES string of the molecule is CNC(=O)CCC(CCC(=O)NC)(CCC(=O)NC)CCC(=O)NC. The average Bonchev–Trinajstić information content (AvgIpc) is 2.65. The van der Waals surface area contributed by atoms with Crippen LogP contribution in [-0.2, 0) is 19.2 Å².